The molecule has 1 N–H and O–H groups in total. The number of halogens is 2. The Bertz CT molecular complexity index is 573. The summed E-state index contributed by atoms with van der Waals surface area (Å²) >= 11 is 9.28. The molecule has 0 heterocycles. The van der Waals surface area contributed by atoms with Gasteiger partial charge in [-0.2, -0.15) is 0 Å². The Hall–Kier alpha value is -1.07. The third kappa shape index (κ3) is 5.50. The van der Waals surface area contributed by atoms with Gasteiger partial charge in [0.15, 0.2) is 6.10 Å². The molecule has 1 amide bonds. The van der Waals surface area contributed by atoms with Crippen molar-refractivity contribution in [1.29, 1.82) is 0 Å². The highest BCUT2D eigenvalue weighted by atomic mass is 79.9. The summed E-state index contributed by atoms with van der Waals surface area (Å²) in [5.41, 5.74) is 0.243. The van der Waals surface area contributed by atoms with Gasteiger partial charge in [-0.25, -0.2) is 4.79 Å². The molecule has 1 atom stereocenters. The molecule has 0 spiro atoms. The lowest BCUT2D eigenvalue weighted by Crippen LogP contribution is -2.38. The molecule has 1 saturated carbocycles. The van der Waals surface area contributed by atoms with E-state index >= 15 is 0 Å². The van der Waals surface area contributed by atoms with Gasteiger partial charge in [-0.1, -0.05) is 46.8 Å². The highest BCUT2D eigenvalue weighted by Crippen LogP contribution is 2.23. The molecule has 4 nitrogen and oxygen atoms in total. The molecule has 1 aromatic carbocycles. The summed E-state index contributed by atoms with van der Waals surface area (Å²) in [5.74, 6) is -0.332. The minimum Gasteiger partial charge on any atom is -0.449 e. The maximum atomic E-state index is 12.1. The van der Waals surface area contributed by atoms with Gasteiger partial charge in [-0.05, 0) is 43.9 Å². The maximum absolute atomic E-state index is 12.1. The van der Waals surface area contributed by atoms with Crippen LogP contribution in [0.1, 0.15) is 49.4 Å². The van der Waals surface area contributed by atoms with Crippen LogP contribution in [0, 0.1) is 5.92 Å². The molecule has 2 rings (SSSR count). The second-order valence-electron chi connectivity index (χ2n) is 5.92. The molecule has 0 bridgehead atoms. The van der Waals surface area contributed by atoms with Crippen LogP contribution < -0.4 is 5.32 Å². The van der Waals surface area contributed by atoms with Gasteiger partial charge in [-0.3, -0.25) is 4.79 Å². The second-order valence-corrected chi connectivity index (χ2v) is 7.24. The lowest BCUT2D eigenvalue weighted by atomic mass is 9.89. The topological polar surface area (TPSA) is 55.4 Å². The van der Waals surface area contributed by atoms with Crippen molar-refractivity contribution in [3.63, 3.8) is 0 Å². The minimum atomic E-state index is -0.846. The molecule has 0 unspecified atom stereocenters. The van der Waals surface area contributed by atoms with Crippen LogP contribution in [0.4, 0.5) is 0 Å². The van der Waals surface area contributed by atoms with Gasteiger partial charge in [0.25, 0.3) is 5.91 Å². The number of hydrogen-bond acceptors (Lipinski definition) is 3. The molecule has 1 aliphatic rings. The van der Waals surface area contributed by atoms with Crippen molar-refractivity contribution < 1.29 is 14.3 Å². The van der Waals surface area contributed by atoms with E-state index in [-0.39, 0.29) is 11.5 Å². The zero-order chi connectivity index (χ0) is 16.8. The van der Waals surface area contributed by atoms with E-state index in [9.17, 15) is 9.59 Å². The van der Waals surface area contributed by atoms with Crippen LogP contribution in [0.3, 0.4) is 0 Å². The Morgan fingerprint density at radius 3 is 2.74 bits per heavy atom. The molecule has 0 aromatic heterocycles. The third-order valence-electron chi connectivity index (χ3n) is 4.09. The first-order valence-corrected chi connectivity index (χ1v) is 9.08. The van der Waals surface area contributed by atoms with E-state index in [0.717, 1.165) is 17.3 Å². The number of hydrogen-bond donors (Lipinski definition) is 1. The van der Waals surface area contributed by atoms with E-state index in [2.05, 4.69) is 21.2 Å². The van der Waals surface area contributed by atoms with E-state index < -0.39 is 12.1 Å². The first kappa shape index (κ1) is 18.3. The van der Waals surface area contributed by atoms with Crippen molar-refractivity contribution in [3.05, 3.63) is 33.3 Å². The molecule has 1 aromatic rings. The fraction of sp³-hybridized carbons (Fsp3) is 0.529. The number of amides is 1. The van der Waals surface area contributed by atoms with E-state index in [1.807, 2.05) is 0 Å². The largest absolute Gasteiger partial charge is 0.449 e. The maximum Gasteiger partial charge on any atom is 0.340 e. The first-order valence-electron chi connectivity index (χ1n) is 7.91. The standard InChI is InChI=1S/C17H21BrClNO3/c1-11(16(21)20-10-12-5-3-2-4-6-12)23-17(22)14-9-13(18)7-8-15(14)19/h7-9,11-12H,2-6,10H2,1H3,(H,20,21)/t11-/m0/s1. The van der Waals surface area contributed by atoms with Crippen molar-refractivity contribution in [2.75, 3.05) is 6.54 Å². The van der Waals surface area contributed by atoms with Crippen molar-refractivity contribution in [2.45, 2.75) is 45.1 Å². The molecular formula is C17H21BrClNO3. The summed E-state index contributed by atoms with van der Waals surface area (Å²) in [6, 6.07) is 4.92. The van der Waals surface area contributed by atoms with Crippen molar-refractivity contribution in [1.82, 2.24) is 5.32 Å². The SMILES string of the molecule is C[C@H](OC(=O)c1cc(Br)ccc1Cl)C(=O)NCC1CCCCC1. The molecule has 23 heavy (non-hydrogen) atoms. The summed E-state index contributed by atoms with van der Waals surface area (Å²) in [6.07, 6.45) is 5.20. The molecule has 0 aliphatic heterocycles. The Balaban J connectivity index is 1.84. The molecule has 1 aliphatic carbocycles. The van der Waals surface area contributed by atoms with Gasteiger partial charge in [0, 0.05) is 11.0 Å². The lowest BCUT2D eigenvalue weighted by molar-refractivity contribution is -0.129. The van der Waals surface area contributed by atoms with Crippen LogP contribution >= 0.6 is 27.5 Å². The van der Waals surface area contributed by atoms with Crippen molar-refractivity contribution in [2.24, 2.45) is 5.92 Å². The summed E-state index contributed by atoms with van der Waals surface area (Å²) in [4.78, 5) is 24.2. The van der Waals surface area contributed by atoms with Gasteiger partial charge in [0.05, 0.1) is 10.6 Å². The predicted octanol–water partition coefficient (Wildman–Crippen LogP) is 4.34. The van der Waals surface area contributed by atoms with E-state index in [4.69, 9.17) is 16.3 Å². The van der Waals surface area contributed by atoms with Gasteiger partial charge >= 0.3 is 5.97 Å². The number of nitrogens with one attached hydrogen (secondary N) is 1. The summed E-state index contributed by atoms with van der Waals surface area (Å²) < 4.78 is 5.94. The van der Waals surface area contributed by atoms with E-state index in [0.29, 0.717) is 17.5 Å². The fourth-order valence-corrected chi connectivity index (χ4v) is 3.27. The minimum absolute atomic E-state index is 0.243. The van der Waals surface area contributed by atoms with Crippen LogP contribution in [0.2, 0.25) is 5.02 Å². The summed E-state index contributed by atoms with van der Waals surface area (Å²) in [5, 5.41) is 3.18. The fourth-order valence-electron chi connectivity index (χ4n) is 2.71. The predicted molar refractivity (Wildman–Crippen MR) is 93.6 cm³/mol. The normalized spacial score (nSPS) is 16.7. The Labute approximate surface area is 150 Å². The number of carbonyl (C=O) groups is 2. The van der Waals surface area contributed by atoms with Gasteiger partial charge in [-0.15, -0.1) is 0 Å². The summed E-state index contributed by atoms with van der Waals surface area (Å²) in [6.45, 7) is 2.22. The number of benzene rings is 1. The highest BCUT2D eigenvalue weighted by molar-refractivity contribution is 9.10. The average molecular weight is 403 g/mol. The van der Waals surface area contributed by atoms with Crippen LogP contribution in [0.15, 0.2) is 22.7 Å². The molecular weight excluding hydrogens is 382 g/mol. The van der Waals surface area contributed by atoms with Crippen LogP contribution in [0.5, 0.6) is 0 Å². The monoisotopic (exact) mass is 401 g/mol. The van der Waals surface area contributed by atoms with Crippen molar-refractivity contribution >= 4 is 39.4 Å². The van der Waals surface area contributed by atoms with Crippen LogP contribution in [0.25, 0.3) is 0 Å². The van der Waals surface area contributed by atoms with Gasteiger partial charge < -0.3 is 10.1 Å². The number of carbonyl (C=O) groups excluding carboxylic acids is 2. The third-order valence-corrected chi connectivity index (χ3v) is 4.91. The zero-order valence-electron chi connectivity index (χ0n) is 13.1. The lowest BCUT2D eigenvalue weighted by Gasteiger charge is -2.22. The molecule has 0 saturated heterocycles. The Kier molecular flexibility index (Phi) is 6.90. The van der Waals surface area contributed by atoms with Crippen LogP contribution in [-0.4, -0.2) is 24.5 Å². The molecule has 0 radical (unpaired) electrons. The van der Waals surface area contributed by atoms with Crippen LogP contribution in [-0.2, 0) is 9.53 Å². The Morgan fingerprint density at radius 1 is 1.35 bits per heavy atom. The highest BCUT2D eigenvalue weighted by Gasteiger charge is 2.22. The number of rotatable bonds is 5. The number of ether oxygens (including phenoxy) is 1. The van der Waals surface area contributed by atoms with Gasteiger partial charge in [0.2, 0.25) is 0 Å². The smallest absolute Gasteiger partial charge is 0.340 e. The molecule has 6 heteroatoms. The van der Waals surface area contributed by atoms with Crippen molar-refractivity contribution in [3.8, 4) is 0 Å². The van der Waals surface area contributed by atoms with E-state index in [1.165, 1.54) is 19.3 Å². The number of esters is 1. The zero-order valence-corrected chi connectivity index (χ0v) is 15.5. The quantitative estimate of drug-likeness (QED) is 0.745. The van der Waals surface area contributed by atoms with E-state index in [1.54, 1.807) is 25.1 Å². The second kappa shape index (κ2) is 8.69. The first-order chi connectivity index (χ1) is 11.0. The Morgan fingerprint density at radius 2 is 2.04 bits per heavy atom. The summed E-state index contributed by atoms with van der Waals surface area (Å²) in [7, 11) is 0. The van der Waals surface area contributed by atoms with Gasteiger partial charge in [0.1, 0.15) is 0 Å². The average Bonchev–Trinajstić information content (AvgIpc) is 2.55. The molecule has 126 valence electrons. The molecule has 1 fully saturated rings.